The minimum Gasteiger partial charge on any atom is -0.494 e. The van der Waals surface area contributed by atoms with Gasteiger partial charge in [-0.1, -0.05) is 18.2 Å². The number of nitrogens with zero attached hydrogens (tertiary/aromatic N) is 4. The molecule has 2 aromatic heterocycles. The number of hydrogen-bond donors (Lipinski definition) is 2. The zero-order valence-corrected chi connectivity index (χ0v) is 16.7. The van der Waals surface area contributed by atoms with E-state index in [1.165, 1.54) is 30.5 Å². The number of hydrazone groups is 1. The van der Waals surface area contributed by atoms with E-state index in [0.29, 0.717) is 12.1 Å². The van der Waals surface area contributed by atoms with Crippen LogP contribution in [0.15, 0.2) is 63.5 Å². The zero-order chi connectivity index (χ0) is 21.8. The molecular weight excluding hydrogens is 401 g/mol. The number of pyridine rings is 1. The third-order valence-corrected chi connectivity index (χ3v) is 5.34. The van der Waals surface area contributed by atoms with E-state index in [0.717, 1.165) is 29.4 Å². The molecule has 3 heterocycles. The molecule has 0 radical (unpaired) electrons. The summed E-state index contributed by atoms with van der Waals surface area (Å²) in [5.41, 5.74) is 0.0316. The Kier molecular flexibility index (Phi) is 5.92. The van der Waals surface area contributed by atoms with Crippen molar-refractivity contribution >= 4 is 6.21 Å². The van der Waals surface area contributed by atoms with Crippen molar-refractivity contribution in [1.82, 2.24) is 19.5 Å². The molecule has 4 rings (SSSR count). The van der Waals surface area contributed by atoms with E-state index in [9.17, 15) is 19.1 Å². The van der Waals surface area contributed by atoms with Crippen LogP contribution in [0.25, 0.3) is 0 Å². The Morgan fingerprint density at radius 3 is 2.77 bits per heavy atom. The number of nitrogens with one attached hydrogen (secondary N) is 1. The van der Waals surface area contributed by atoms with Gasteiger partial charge in [0.1, 0.15) is 11.4 Å². The molecule has 1 fully saturated rings. The maximum absolute atomic E-state index is 13.1. The highest BCUT2D eigenvalue weighted by atomic mass is 19.1. The second-order valence-corrected chi connectivity index (χ2v) is 7.41. The normalized spacial score (nSPS) is 16.7. The van der Waals surface area contributed by atoms with Gasteiger partial charge in [0.25, 0.3) is 5.56 Å². The summed E-state index contributed by atoms with van der Waals surface area (Å²) >= 11 is 0. The predicted molar refractivity (Wildman–Crippen MR) is 114 cm³/mol. The highest BCUT2D eigenvalue weighted by Crippen LogP contribution is 2.30. The Labute approximate surface area is 177 Å². The van der Waals surface area contributed by atoms with E-state index in [-0.39, 0.29) is 18.2 Å². The molecule has 0 bridgehead atoms. The molecule has 160 valence electrons. The minimum absolute atomic E-state index is 0.0186. The van der Waals surface area contributed by atoms with Gasteiger partial charge >= 0.3 is 5.69 Å². The Hall–Kier alpha value is -3.75. The molecule has 0 aliphatic carbocycles. The first-order valence-electron chi connectivity index (χ1n) is 10.0. The Morgan fingerprint density at radius 2 is 2.03 bits per heavy atom. The zero-order valence-electron chi connectivity index (χ0n) is 16.7. The molecule has 1 aliphatic rings. The number of H-pyrrole nitrogens is 1. The molecule has 1 saturated heterocycles. The van der Waals surface area contributed by atoms with Crippen molar-refractivity contribution in [2.24, 2.45) is 5.10 Å². The molecule has 2 N–H and O–H groups in total. The average Bonchev–Trinajstić information content (AvgIpc) is 2.78. The fourth-order valence-electron chi connectivity index (χ4n) is 3.71. The smallest absolute Gasteiger partial charge is 0.331 e. The molecule has 1 aromatic carbocycles. The fourth-order valence-corrected chi connectivity index (χ4v) is 3.71. The maximum Gasteiger partial charge on any atom is 0.331 e. The monoisotopic (exact) mass is 423 g/mol. The van der Waals surface area contributed by atoms with E-state index < -0.39 is 22.9 Å². The second kappa shape index (κ2) is 8.95. The Bertz CT molecular complexity index is 1190. The lowest BCUT2D eigenvalue weighted by Gasteiger charge is -2.33. The SMILES string of the molecule is O=c1[nH]c(=O)n(Cc2ccc(F)cc2)c(O)c1C=NN1CCCCC1c1cccnc1. The average molecular weight is 423 g/mol. The molecule has 3 aromatic rings. The van der Waals surface area contributed by atoms with Crippen LogP contribution in [0.1, 0.15) is 42.0 Å². The summed E-state index contributed by atoms with van der Waals surface area (Å²) in [5.74, 6) is -0.893. The number of aromatic nitrogens is 3. The van der Waals surface area contributed by atoms with Crippen LogP contribution < -0.4 is 11.2 Å². The molecular formula is C22H22FN5O3. The van der Waals surface area contributed by atoms with E-state index in [4.69, 9.17) is 0 Å². The molecule has 0 amide bonds. The molecule has 1 atom stereocenters. The summed E-state index contributed by atoms with van der Waals surface area (Å²) in [6, 6.07) is 9.41. The highest BCUT2D eigenvalue weighted by molar-refractivity contribution is 5.81. The number of aromatic amines is 1. The number of hydrogen-bond acceptors (Lipinski definition) is 6. The van der Waals surface area contributed by atoms with Gasteiger partial charge < -0.3 is 5.11 Å². The van der Waals surface area contributed by atoms with Gasteiger partial charge in [-0.15, -0.1) is 0 Å². The van der Waals surface area contributed by atoms with Crippen LogP contribution in [0.5, 0.6) is 5.88 Å². The highest BCUT2D eigenvalue weighted by Gasteiger charge is 2.23. The van der Waals surface area contributed by atoms with Crippen LogP contribution in [-0.4, -0.2) is 37.4 Å². The second-order valence-electron chi connectivity index (χ2n) is 7.41. The molecule has 0 spiro atoms. The number of halogens is 1. The number of aromatic hydroxyl groups is 1. The van der Waals surface area contributed by atoms with Gasteiger partial charge in [-0.3, -0.25) is 24.3 Å². The molecule has 8 nitrogen and oxygen atoms in total. The van der Waals surface area contributed by atoms with Gasteiger partial charge in [0.2, 0.25) is 5.88 Å². The van der Waals surface area contributed by atoms with Crippen LogP contribution in [0.2, 0.25) is 0 Å². The lowest BCUT2D eigenvalue weighted by Crippen LogP contribution is -2.33. The van der Waals surface area contributed by atoms with Crippen LogP contribution in [0.3, 0.4) is 0 Å². The standard InChI is InChI=1S/C22H22FN5O3/c23-17-8-6-15(7-9-17)14-27-21(30)18(20(29)26-22(27)31)13-25-28-11-2-1-5-19(28)16-4-3-10-24-12-16/h3-4,6-10,12-13,19,30H,1-2,5,11,14H2,(H,26,29,31). The quantitative estimate of drug-likeness (QED) is 0.614. The molecule has 1 aliphatic heterocycles. The van der Waals surface area contributed by atoms with E-state index >= 15 is 0 Å². The van der Waals surface area contributed by atoms with Gasteiger partial charge in [0.15, 0.2) is 0 Å². The van der Waals surface area contributed by atoms with Gasteiger partial charge in [0.05, 0.1) is 18.8 Å². The summed E-state index contributed by atoms with van der Waals surface area (Å²) in [6.07, 6.45) is 7.70. The summed E-state index contributed by atoms with van der Waals surface area (Å²) in [7, 11) is 0. The van der Waals surface area contributed by atoms with Crippen molar-refractivity contribution in [3.05, 3.63) is 92.1 Å². The van der Waals surface area contributed by atoms with Crippen LogP contribution in [-0.2, 0) is 6.54 Å². The number of rotatable bonds is 5. The van der Waals surface area contributed by atoms with Crippen molar-refractivity contribution < 1.29 is 9.50 Å². The summed E-state index contributed by atoms with van der Waals surface area (Å²) in [6.45, 7) is 0.675. The van der Waals surface area contributed by atoms with Gasteiger partial charge in [-0.2, -0.15) is 5.10 Å². The Morgan fingerprint density at radius 1 is 1.23 bits per heavy atom. The first-order valence-corrected chi connectivity index (χ1v) is 10.0. The van der Waals surface area contributed by atoms with Gasteiger partial charge in [-0.25, -0.2) is 9.18 Å². The van der Waals surface area contributed by atoms with E-state index in [2.05, 4.69) is 15.1 Å². The molecule has 31 heavy (non-hydrogen) atoms. The van der Waals surface area contributed by atoms with Crippen LogP contribution in [0, 0.1) is 5.82 Å². The topological polar surface area (TPSA) is 104 Å². The Balaban J connectivity index is 1.64. The van der Waals surface area contributed by atoms with Crippen molar-refractivity contribution in [3.8, 4) is 5.88 Å². The maximum atomic E-state index is 13.1. The van der Waals surface area contributed by atoms with E-state index in [1.807, 2.05) is 17.1 Å². The third-order valence-electron chi connectivity index (χ3n) is 5.34. The first kappa shape index (κ1) is 20.5. The minimum atomic E-state index is -0.754. The lowest BCUT2D eigenvalue weighted by atomic mass is 9.98. The first-order chi connectivity index (χ1) is 15.0. The molecule has 9 heteroatoms. The summed E-state index contributed by atoms with van der Waals surface area (Å²) < 4.78 is 14.2. The van der Waals surface area contributed by atoms with Crippen molar-refractivity contribution in [1.29, 1.82) is 0 Å². The van der Waals surface area contributed by atoms with Gasteiger partial charge in [0, 0.05) is 18.9 Å². The number of benzene rings is 1. The predicted octanol–water partition coefficient (Wildman–Crippen LogP) is 2.39. The molecule has 1 unspecified atom stereocenters. The van der Waals surface area contributed by atoms with Crippen molar-refractivity contribution in [2.45, 2.75) is 31.8 Å². The summed E-state index contributed by atoms with van der Waals surface area (Å²) in [5, 5.41) is 17.0. The van der Waals surface area contributed by atoms with Crippen LogP contribution >= 0.6 is 0 Å². The fraction of sp³-hybridized carbons (Fsp3) is 0.273. The van der Waals surface area contributed by atoms with Crippen molar-refractivity contribution in [2.75, 3.05) is 6.54 Å². The largest absolute Gasteiger partial charge is 0.494 e. The van der Waals surface area contributed by atoms with Crippen molar-refractivity contribution in [3.63, 3.8) is 0 Å². The van der Waals surface area contributed by atoms with E-state index in [1.54, 1.807) is 12.4 Å². The number of piperidine rings is 1. The van der Waals surface area contributed by atoms with Gasteiger partial charge in [-0.05, 0) is 48.6 Å². The van der Waals surface area contributed by atoms with Crippen LogP contribution in [0.4, 0.5) is 4.39 Å². The third kappa shape index (κ3) is 4.55. The molecule has 0 saturated carbocycles. The lowest BCUT2D eigenvalue weighted by molar-refractivity contribution is 0.156. The summed E-state index contributed by atoms with van der Waals surface area (Å²) in [4.78, 5) is 31.0.